The predicted octanol–water partition coefficient (Wildman–Crippen LogP) is -0.776. The first kappa shape index (κ1) is 8.25. The number of nitrogens with one attached hydrogen (secondary N) is 2. The van der Waals surface area contributed by atoms with Crippen LogP contribution in [0, 0.1) is 0 Å². The summed E-state index contributed by atoms with van der Waals surface area (Å²) in [5.41, 5.74) is 0.316. The lowest BCUT2D eigenvalue weighted by Crippen LogP contribution is -2.28. The molecule has 0 aliphatic rings. The van der Waals surface area contributed by atoms with Gasteiger partial charge in [0.2, 0.25) is 0 Å². The molecule has 0 spiro atoms. The molecule has 0 unspecified atom stereocenters. The third-order valence-corrected chi connectivity index (χ3v) is 1.16. The zero-order chi connectivity index (χ0) is 8.97. The Labute approximate surface area is 67.6 Å². The van der Waals surface area contributed by atoms with Crippen LogP contribution < -0.4 is 5.32 Å². The third-order valence-electron chi connectivity index (χ3n) is 1.16. The Morgan fingerprint density at radius 3 is 2.92 bits per heavy atom. The van der Waals surface area contributed by atoms with E-state index in [0.29, 0.717) is 5.56 Å². The van der Waals surface area contributed by atoms with Gasteiger partial charge < -0.3 is 10.4 Å². The van der Waals surface area contributed by atoms with E-state index in [1.54, 1.807) is 0 Å². The van der Waals surface area contributed by atoms with Gasteiger partial charge >= 0.3 is 5.97 Å². The SMILES string of the molecule is O=C(O)CNC(=O)c1cn[nH]c1. The summed E-state index contributed by atoms with van der Waals surface area (Å²) in [6.07, 6.45) is 2.70. The number of carboxylic acids is 1. The number of amides is 1. The molecular weight excluding hydrogens is 162 g/mol. The predicted molar refractivity (Wildman–Crippen MR) is 38.6 cm³/mol. The van der Waals surface area contributed by atoms with Gasteiger partial charge in [-0.05, 0) is 0 Å². The van der Waals surface area contributed by atoms with Crippen molar-refractivity contribution < 1.29 is 14.7 Å². The maximum atomic E-state index is 11.0. The average Bonchev–Trinajstić information content (AvgIpc) is 2.51. The van der Waals surface area contributed by atoms with Crippen LogP contribution in [0.2, 0.25) is 0 Å². The number of hydrogen-bond acceptors (Lipinski definition) is 3. The van der Waals surface area contributed by atoms with Gasteiger partial charge in [-0.15, -0.1) is 0 Å². The van der Waals surface area contributed by atoms with Crippen molar-refractivity contribution >= 4 is 11.9 Å². The van der Waals surface area contributed by atoms with E-state index in [1.165, 1.54) is 12.4 Å². The molecule has 0 saturated carbocycles. The van der Waals surface area contributed by atoms with Gasteiger partial charge in [-0.2, -0.15) is 5.10 Å². The van der Waals surface area contributed by atoms with Gasteiger partial charge in [0.05, 0.1) is 11.8 Å². The molecule has 0 aliphatic heterocycles. The smallest absolute Gasteiger partial charge is 0.322 e. The molecule has 1 aromatic rings. The normalized spacial score (nSPS) is 9.33. The van der Waals surface area contributed by atoms with Crippen molar-refractivity contribution in [2.24, 2.45) is 0 Å². The standard InChI is InChI=1S/C6H7N3O3/c10-5(11)3-7-6(12)4-1-8-9-2-4/h1-2H,3H2,(H,7,12)(H,8,9)(H,10,11). The minimum atomic E-state index is -1.08. The van der Waals surface area contributed by atoms with Gasteiger partial charge in [0.15, 0.2) is 0 Å². The van der Waals surface area contributed by atoms with Crippen molar-refractivity contribution in [3.63, 3.8) is 0 Å². The van der Waals surface area contributed by atoms with E-state index in [4.69, 9.17) is 5.11 Å². The fourth-order valence-electron chi connectivity index (χ4n) is 0.633. The van der Waals surface area contributed by atoms with E-state index < -0.39 is 11.9 Å². The molecule has 1 aromatic heterocycles. The van der Waals surface area contributed by atoms with E-state index in [-0.39, 0.29) is 6.54 Å². The van der Waals surface area contributed by atoms with E-state index in [1.807, 2.05) is 0 Å². The summed E-state index contributed by atoms with van der Waals surface area (Å²) in [6, 6.07) is 0. The Bertz CT molecular complexity index is 280. The number of rotatable bonds is 3. The molecule has 12 heavy (non-hydrogen) atoms. The highest BCUT2D eigenvalue weighted by Crippen LogP contribution is 1.91. The lowest BCUT2D eigenvalue weighted by Gasteiger charge is -1.97. The molecule has 0 radical (unpaired) electrons. The molecule has 1 amide bonds. The van der Waals surface area contributed by atoms with Crippen LogP contribution >= 0.6 is 0 Å². The molecule has 1 heterocycles. The Morgan fingerprint density at radius 1 is 1.67 bits per heavy atom. The van der Waals surface area contributed by atoms with Crippen molar-refractivity contribution in [2.75, 3.05) is 6.54 Å². The number of nitrogens with zero attached hydrogens (tertiary/aromatic N) is 1. The summed E-state index contributed by atoms with van der Waals surface area (Å²) in [5.74, 6) is -1.53. The molecule has 1 rings (SSSR count). The first-order valence-electron chi connectivity index (χ1n) is 3.19. The summed E-state index contributed by atoms with van der Waals surface area (Å²) in [4.78, 5) is 21.0. The van der Waals surface area contributed by atoms with Crippen LogP contribution in [-0.2, 0) is 4.79 Å². The third kappa shape index (κ3) is 2.08. The molecule has 0 bridgehead atoms. The van der Waals surface area contributed by atoms with Crippen LogP contribution in [-0.4, -0.2) is 33.7 Å². The van der Waals surface area contributed by atoms with Crippen LogP contribution in [0.15, 0.2) is 12.4 Å². The summed E-state index contributed by atoms with van der Waals surface area (Å²) in [7, 11) is 0. The minimum Gasteiger partial charge on any atom is -0.480 e. The number of carbonyl (C=O) groups excluding carboxylic acids is 1. The summed E-state index contributed by atoms with van der Waals surface area (Å²) in [5, 5.41) is 16.4. The molecule has 64 valence electrons. The topological polar surface area (TPSA) is 95.1 Å². The van der Waals surface area contributed by atoms with Gasteiger partial charge in [-0.1, -0.05) is 0 Å². The molecule has 6 heteroatoms. The van der Waals surface area contributed by atoms with Gasteiger partial charge in [0.25, 0.3) is 5.91 Å². The van der Waals surface area contributed by atoms with Gasteiger partial charge in [-0.25, -0.2) is 0 Å². The Kier molecular flexibility index (Phi) is 2.42. The minimum absolute atomic E-state index is 0.316. The van der Waals surface area contributed by atoms with Crippen molar-refractivity contribution in [2.45, 2.75) is 0 Å². The van der Waals surface area contributed by atoms with Crippen LogP contribution in [0.4, 0.5) is 0 Å². The van der Waals surface area contributed by atoms with Gasteiger partial charge in [-0.3, -0.25) is 14.7 Å². The number of carboxylic acid groups (broad SMARTS) is 1. The fourth-order valence-corrected chi connectivity index (χ4v) is 0.633. The first-order valence-corrected chi connectivity index (χ1v) is 3.19. The molecule has 6 nitrogen and oxygen atoms in total. The molecular formula is C6H7N3O3. The van der Waals surface area contributed by atoms with Crippen molar-refractivity contribution in [3.05, 3.63) is 18.0 Å². The maximum Gasteiger partial charge on any atom is 0.322 e. The average molecular weight is 169 g/mol. The second-order valence-corrected chi connectivity index (χ2v) is 2.06. The molecule has 0 aromatic carbocycles. The molecule has 3 N–H and O–H groups in total. The van der Waals surface area contributed by atoms with E-state index in [9.17, 15) is 9.59 Å². The van der Waals surface area contributed by atoms with Crippen LogP contribution in [0.1, 0.15) is 10.4 Å². The molecule has 0 fully saturated rings. The number of carbonyl (C=O) groups is 2. The lowest BCUT2D eigenvalue weighted by molar-refractivity contribution is -0.135. The van der Waals surface area contributed by atoms with Gasteiger partial charge in [0, 0.05) is 6.20 Å². The van der Waals surface area contributed by atoms with Crippen molar-refractivity contribution in [1.82, 2.24) is 15.5 Å². The Morgan fingerprint density at radius 2 is 2.42 bits per heavy atom. The van der Waals surface area contributed by atoms with Crippen LogP contribution in [0.3, 0.4) is 0 Å². The molecule has 0 aliphatic carbocycles. The number of aromatic amines is 1. The van der Waals surface area contributed by atoms with Crippen LogP contribution in [0.5, 0.6) is 0 Å². The monoisotopic (exact) mass is 169 g/mol. The number of hydrogen-bond donors (Lipinski definition) is 3. The second-order valence-electron chi connectivity index (χ2n) is 2.06. The van der Waals surface area contributed by atoms with Gasteiger partial charge in [0.1, 0.15) is 6.54 Å². The number of aliphatic carboxylic acids is 1. The van der Waals surface area contributed by atoms with E-state index >= 15 is 0 Å². The largest absolute Gasteiger partial charge is 0.480 e. The first-order chi connectivity index (χ1) is 5.70. The summed E-state index contributed by atoms with van der Waals surface area (Å²) in [6.45, 7) is -0.385. The highest BCUT2D eigenvalue weighted by atomic mass is 16.4. The Balaban J connectivity index is 2.45. The fraction of sp³-hybridized carbons (Fsp3) is 0.167. The number of H-pyrrole nitrogens is 1. The van der Waals surface area contributed by atoms with E-state index in [0.717, 1.165) is 0 Å². The molecule has 0 saturated heterocycles. The summed E-state index contributed by atoms with van der Waals surface area (Å²) < 4.78 is 0. The highest BCUT2D eigenvalue weighted by molar-refractivity contribution is 5.95. The van der Waals surface area contributed by atoms with Crippen LogP contribution in [0.25, 0.3) is 0 Å². The van der Waals surface area contributed by atoms with Crippen molar-refractivity contribution in [3.8, 4) is 0 Å². The quantitative estimate of drug-likeness (QED) is 0.553. The number of aromatic nitrogens is 2. The van der Waals surface area contributed by atoms with E-state index in [2.05, 4.69) is 15.5 Å². The zero-order valence-corrected chi connectivity index (χ0v) is 6.07. The highest BCUT2D eigenvalue weighted by Gasteiger charge is 2.06. The maximum absolute atomic E-state index is 11.0. The summed E-state index contributed by atoms with van der Waals surface area (Å²) >= 11 is 0. The van der Waals surface area contributed by atoms with Crippen molar-refractivity contribution in [1.29, 1.82) is 0 Å². The zero-order valence-electron chi connectivity index (χ0n) is 6.07. The molecule has 0 atom stereocenters. The second kappa shape index (κ2) is 3.51. The lowest BCUT2D eigenvalue weighted by atomic mass is 10.3. The Hall–Kier alpha value is -1.85.